The number of hydrogen-bond acceptors (Lipinski definition) is 4. The molecule has 21 heavy (non-hydrogen) atoms. The van der Waals surface area contributed by atoms with Crippen molar-refractivity contribution >= 4 is 28.2 Å². The second kappa shape index (κ2) is 5.41. The highest BCUT2D eigenvalue weighted by atomic mass is 32.1. The maximum absolute atomic E-state index is 12.1. The summed E-state index contributed by atoms with van der Waals surface area (Å²) in [6.07, 6.45) is 2.95. The van der Waals surface area contributed by atoms with Crippen molar-refractivity contribution in [1.29, 1.82) is 0 Å². The van der Waals surface area contributed by atoms with Gasteiger partial charge in [0.2, 0.25) is 0 Å². The van der Waals surface area contributed by atoms with Crippen LogP contribution in [-0.2, 0) is 6.54 Å². The second-order valence-corrected chi connectivity index (χ2v) is 4.99. The standard InChI is InChI=1S/C15H12N4OS/c16-15(21)14-10(4-3-7-17-14)9-19-12-6-2-1-5-11(12)18-8-13(19)20/h1-8H,9H2,(H2,16,21). The van der Waals surface area contributed by atoms with Gasteiger partial charge in [0.15, 0.2) is 0 Å². The van der Waals surface area contributed by atoms with Crippen LogP contribution in [0, 0.1) is 0 Å². The fourth-order valence-electron chi connectivity index (χ4n) is 2.24. The molecule has 2 N–H and O–H groups in total. The van der Waals surface area contributed by atoms with Crippen LogP contribution >= 0.6 is 12.2 Å². The molecule has 2 aromatic heterocycles. The molecule has 0 saturated heterocycles. The number of thiocarbonyl (C=S) groups is 1. The van der Waals surface area contributed by atoms with Crippen LogP contribution < -0.4 is 11.3 Å². The van der Waals surface area contributed by atoms with Crippen LogP contribution in [0.25, 0.3) is 11.0 Å². The van der Waals surface area contributed by atoms with Gasteiger partial charge >= 0.3 is 0 Å². The Bertz CT molecular complexity index is 888. The van der Waals surface area contributed by atoms with Crippen molar-refractivity contribution in [3.8, 4) is 0 Å². The molecule has 0 unspecified atom stereocenters. The Kier molecular flexibility index (Phi) is 3.45. The van der Waals surface area contributed by atoms with E-state index in [1.165, 1.54) is 6.20 Å². The molecule has 0 fully saturated rings. The third kappa shape index (κ3) is 2.53. The van der Waals surface area contributed by atoms with Crippen molar-refractivity contribution in [3.05, 3.63) is 70.4 Å². The van der Waals surface area contributed by atoms with Crippen molar-refractivity contribution in [3.63, 3.8) is 0 Å². The topological polar surface area (TPSA) is 73.8 Å². The number of pyridine rings is 1. The predicted octanol–water partition coefficient (Wildman–Crippen LogP) is 1.47. The highest BCUT2D eigenvalue weighted by molar-refractivity contribution is 7.80. The first-order chi connectivity index (χ1) is 10.2. The zero-order valence-electron chi connectivity index (χ0n) is 11.1. The Hall–Kier alpha value is -2.60. The summed E-state index contributed by atoms with van der Waals surface area (Å²) in [5, 5.41) is 0. The Morgan fingerprint density at radius 2 is 2.00 bits per heavy atom. The van der Waals surface area contributed by atoms with E-state index in [0.717, 1.165) is 16.6 Å². The van der Waals surface area contributed by atoms with Crippen molar-refractivity contribution in [1.82, 2.24) is 14.5 Å². The highest BCUT2D eigenvalue weighted by Gasteiger charge is 2.10. The molecule has 0 aliphatic heterocycles. The predicted molar refractivity (Wildman–Crippen MR) is 85.2 cm³/mol. The van der Waals surface area contributed by atoms with E-state index in [1.807, 2.05) is 30.3 Å². The summed E-state index contributed by atoms with van der Waals surface area (Å²) in [7, 11) is 0. The molecule has 3 aromatic rings. The average molecular weight is 296 g/mol. The number of fused-ring (bicyclic) bond motifs is 1. The quantitative estimate of drug-likeness (QED) is 0.741. The van der Waals surface area contributed by atoms with Crippen LogP contribution in [0.4, 0.5) is 0 Å². The molecular weight excluding hydrogens is 284 g/mol. The van der Waals surface area contributed by atoms with Gasteiger partial charge in [-0.2, -0.15) is 0 Å². The van der Waals surface area contributed by atoms with Crippen molar-refractivity contribution in [2.75, 3.05) is 0 Å². The molecule has 2 heterocycles. The molecule has 104 valence electrons. The number of benzene rings is 1. The lowest BCUT2D eigenvalue weighted by Gasteiger charge is -2.11. The van der Waals surface area contributed by atoms with Gasteiger partial charge in [0.1, 0.15) is 10.7 Å². The third-order valence-electron chi connectivity index (χ3n) is 3.21. The summed E-state index contributed by atoms with van der Waals surface area (Å²) in [6, 6.07) is 11.1. The van der Waals surface area contributed by atoms with Crippen LogP contribution in [-0.4, -0.2) is 19.5 Å². The molecule has 0 saturated carbocycles. The molecular formula is C15H12N4OS. The number of para-hydroxylation sites is 2. The maximum atomic E-state index is 12.1. The van der Waals surface area contributed by atoms with Gasteiger partial charge in [-0.05, 0) is 18.2 Å². The minimum absolute atomic E-state index is 0.175. The molecule has 1 aromatic carbocycles. The minimum Gasteiger partial charge on any atom is -0.388 e. The summed E-state index contributed by atoms with van der Waals surface area (Å²) < 4.78 is 1.64. The molecule has 3 rings (SSSR count). The Labute approximate surface area is 126 Å². The van der Waals surface area contributed by atoms with Crippen LogP contribution in [0.3, 0.4) is 0 Å². The van der Waals surface area contributed by atoms with Gasteiger partial charge in [0.25, 0.3) is 5.56 Å². The van der Waals surface area contributed by atoms with Gasteiger partial charge < -0.3 is 10.3 Å². The molecule has 0 spiro atoms. The molecule has 6 heteroatoms. The fourth-order valence-corrected chi connectivity index (χ4v) is 2.42. The van der Waals surface area contributed by atoms with Crippen LogP contribution in [0.5, 0.6) is 0 Å². The summed E-state index contributed by atoms with van der Waals surface area (Å²) in [5.74, 6) is 0. The molecule has 0 radical (unpaired) electrons. The monoisotopic (exact) mass is 296 g/mol. The van der Waals surface area contributed by atoms with E-state index in [-0.39, 0.29) is 10.5 Å². The number of nitrogens with zero attached hydrogens (tertiary/aromatic N) is 3. The minimum atomic E-state index is -0.175. The van der Waals surface area contributed by atoms with Crippen LogP contribution in [0.1, 0.15) is 11.3 Å². The van der Waals surface area contributed by atoms with Gasteiger partial charge in [-0.1, -0.05) is 30.4 Å². The molecule has 0 bridgehead atoms. The third-order valence-corrected chi connectivity index (χ3v) is 3.40. The van der Waals surface area contributed by atoms with E-state index in [0.29, 0.717) is 12.2 Å². The SMILES string of the molecule is NC(=S)c1ncccc1Cn1c(=O)cnc2ccccc21. The summed E-state index contributed by atoms with van der Waals surface area (Å²) in [4.78, 5) is 20.7. The van der Waals surface area contributed by atoms with Gasteiger partial charge in [-0.25, -0.2) is 4.98 Å². The van der Waals surface area contributed by atoms with E-state index in [4.69, 9.17) is 18.0 Å². The molecule has 0 aliphatic carbocycles. The first-order valence-corrected chi connectivity index (χ1v) is 6.76. The van der Waals surface area contributed by atoms with Gasteiger partial charge in [0.05, 0.1) is 23.8 Å². The van der Waals surface area contributed by atoms with Crippen LogP contribution in [0.15, 0.2) is 53.6 Å². The van der Waals surface area contributed by atoms with Gasteiger partial charge in [-0.15, -0.1) is 0 Å². The molecule has 0 aliphatic rings. The molecule has 0 amide bonds. The summed E-state index contributed by atoms with van der Waals surface area (Å²) >= 11 is 5.01. The summed E-state index contributed by atoms with van der Waals surface area (Å²) in [5.41, 5.74) is 8.39. The number of nitrogens with two attached hydrogens (primary N) is 1. The van der Waals surface area contributed by atoms with Crippen LogP contribution in [0.2, 0.25) is 0 Å². The first kappa shape index (κ1) is 13.4. The lowest BCUT2D eigenvalue weighted by molar-refractivity contribution is 0.781. The second-order valence-electron chi connectivity index (χ2n) is 4.55. The van der Waals surface area contributed by atoms with E-state index in [2.05, 4.69) is 9.97 Å². The van der Waals surface area contributed by atoms with E-state index in [1.54, 1.807) is 16.8 Å². The van der Waals surface area contributed by atoms with Crippen molar-refractivity contribution in [2.24, 2.45) is 5.73 Å². The number of aromatic nitrogens is 3. The maximum Gasteiger partial charge on any atom is 0.269 e. The zero-order valence-corrected chi connectivity index (χ0v) is 11.9. The van der Waals surface area contributed by atoms with Crippen molar-refractivity contribution in [2.45, 2.75) is 6.54 Å². The Morgan fingerprint density at radius 1 is 1.19 bits per heavy atom. The van der Waals surface area contributed by atoms with E-state index >= 15 is 0 Å². The summed E-state index contributed by atoms with van der Waals surface area (Å²) in [6.45, 7) is 0.350. The van der Waals surface area contributed by atoms with E-state index in [9.17, 15) is 4.79 Å². The Balaban J connectivity index is 2.17. The highest BCUT2D eigenvalue weighted by Crippen LogP contribution is 2.12. The molecule has 0 atom stereocenters. The van der Waals surface area contributed by atoms with Gasteiger partial charge in [0, 0.05) is 11.8 Å². The zero-order chi connectivity index (χ0) is 14.8. The number of hydrogen-bond donors (Lipinski definition) is 1. The average Bonchev–Trinajstić information content (AvgIpc) is 2.50. The fraction of sp³-hybridized carbons (Fsp3) is 0.0667. The number of rotatable bonds is 3. The lowest BCUT2D eigenvalue weighted by Crippen LogP contribution is -2.23. The van der Waals surface area contributed by atoms with E-state index < -0.39 is 0 Å². The molecule has 5 nitrogen and oxygen atoms in total. The smallest absolute Gasteiger partial charge is 0.269 e. The Morgan fingerprint density at radius 3 is 2.81 bits per heavy atom. The lowest BCUT2D eigenvalue weighted by atomic mass is 10.2. The first-order valence-electron chi connectivity index (χ1n) is 6.35. The normalized spacial score (nSPS) is 10.7. The largest absolute Gasteiger partial charge is 0.388 e. The van der Waals surface area contributed by atoms with Gasteiger partial charge in [-0.3, -0.25) is 9.78 Å². The van der Waals surface area contributed by atoms with Crippen molar-refractivity contribution < 1.29 is 0 Å².